The fourth-order valence-corrected chi connectivity index (χ4v) is 2.66. The van der Waals surface area contributed by atoms with Crippen molar-refractivity contribution < 1.29 is 0 Å². The van der Waals surface area contributed by atoms with Gasteiger partial charge in [0.2, 0.25) is 0 Å². The van der Waals surface area contributed by atoms with E-state index in [1.807, 2.05) is 13.1 Å². The van der Waals surface area contributed by atoms with Crippen molar-refractivity contribution in [2.24, 2.45) is 0 Å². The van der Waals surface area contributed by atoms with Gasteiger partial charge in [-0.15, -0.1) is 0 Å². The van der Waals surface area contributed by atoms with Crippen molar-refractivity contribution in [3.05, 3.63) is 65.5 Å². The van der Waals surface area contributed by atoms with Gasteiger partial charge in [0.15, 0.2) is 0 Å². The van der Waals surface area contributed by atoms with Crippen LogP contribution in [0.5, 0.6) is 0 Å². The second-order valence-electron chi connectivity index (χ2n) is 5.91. The van der Waals surface area contributed by atoms with Gasteiger partial charge in [0.25, 0.3) is 0 Å². The van der Waals surface area contributed by atoms with Crippen LogP contribution in [0, 0.1) is 6.92 Å². The summed E-state index contributed by atoms with van der Waals surface area (Å²) in [4.78, 5) is 4.35. The highest BCUT2D eigenvalue weighted by molar-refractivity contribution is 5.14. The van der Waals surface area contributed by atoms with Crippen LogP contribution in [0.1, 0.15) is 55.3 Å². The Morgan fingerprint density at radius 2 is 1.29 bits per heavy atom. The van der Waals surface area contributed by atoms with Crippen LogP contribution in [0.2, 0.25) is 0 Å². The van der Waals surface area contributed by atoms with Crippen LogP contribution in [0.15, 0.2) is 48.7 Å². The molecule has 1 heteroatoms. The molecule has 0 spiro atoms. The molecule has 2 rings (SSSR count). The summed E-state index contributed by atoms with van der Waals surface area (Å²) in [6, 6.07) is 15.1. The van der Waals surface area contributed by atoms with Gasteiger partial charge in [0, 0.05) is 11.9 Å². The van der Waals surface area contributed by atoms with Crippen molar-refractivity contribution in [2.45, 2.75) is 58.3 Å². The van der Waals surface area contributed by atoms with Crippen LogP contribution in [0.25, 0.3) is 0 Å². The summed E-state index contributed by atoms with van der Waals surface area (Å²) in [7, 11) is 0. The van der Waals surface area contributed by atoms with E-state index in [2.05, 4.69) is 47.4 Å². The molecule has 1 aromatic carbocycles. The lowest BCUT2D eigenvalue weighted by Crippen LogP contribution is -1.89. The van der Waals surface area contributed by atoms with Gasteiger partial charge < -0.3 is 0 Å². The zero-order chi connectivity index (χ0) is 14.8. The number of hydrogen-bond acceptors (Lipinski definition) is 1. The van der Waals surface area contributed by atoms with Crippen molar-refractivity contribution in [3.63, 3.8) is 0 Å². The lowest BCUT2D eigenvalue weighted by atomic mass is 10.0. The Hall–Kier alpha value is -1.63. The minimum Gasteiger partial charge on any atom is -0.261 e. The molecule has 0 bridgehead atoms. The van der Waals surface area contributed by atoms with E-state index >= 15 is 0 Å². The molecule has 0 aliphatic rings. The van der Waals surface area contributed by atoms with Crippen LogP contribution >= 0.6 is 0 Å². The Morgan fingerprint density at radius 1 is 0.667 bits per heavy atom. The zero-order valence-electron chi connectivity index (χ0n) is 13.2. The predicted molar refractivity (Wildman–Crippen MR) is 90.5 cm³/mol. The highest BCUT2D eigenvalue weighted by atomic mass is 14.6. The average molecular weight is 281 g/mol. The van der Waals surface area contributed by atoms with Crippen LogP contribution < -0.4 is 0 Å². The van der Waals surface area contributed by atoms with Crippen LogP contribution in [0.3, 0.4) is 0 Å². The van der Waals surface area contributed by atoms with Crippen molar-refractivity contribution in [3.8, 4) is 0 Å². The van der Waals surface area contributed by atoms with Crippen molar-refractivity contribution >= 4 is 0 Å². The number of rotatable bonds is 9. The van der Waals surface area contributed by atoms with E-state index in [9.17, 15) is 0 Å². The van der Waals surface area contributed by atoms with E-state index in [1.165, 1.54) is 62.5 Å². The summed E-state index contributed by atoms with van der Waals surface area (Å²) in [5.41, 5.74) is 3.96. The summed E-state index contributed by atoms with van der Waals surface area (Å²) in [5.74, 6) is 0. The first-order chi connectivity index (χ1) is 10.3. The minimum absolute atomic E-state index is 1.11. The van der Waals surface area contributed by atoms with Gasteiger partial charge in [-0.25, -0.2) is 0 Å². The Morgan fingerprint density at radius 3 is 1.90 bits per heavy atom. The highest BCUT2D eigenvalue weighted by Gasteiger charge is 1.96. The largest absolute Gasteiger partial charge is 0.261 e. The smallest absolute Gasteiger partial charge is 0.0372 e. The fraction of sp³-hybridized carbons (Fsp3) is 0.450. The third kappa shape index (κ3) is 6.57. The van der Waals surface area contributed by atoms with Crippen LogP contribution in [-0.2, 0) is 12.8 Å². The summed E-state index contributed by atoms with van der Waals surface area (Å²) >= 11 is 0. The van der Waals surface area contributed by atoms with Gasteiger partial charge in [0.05, 0.1) is 0 Å². The number of aromatic nitrogens is 1. The Balaban J connectivity index is 1.46. The van der Waals surface area contributed by atoms with E-state index in [0.717, 1.165) is 5.69 Å². The molecule has 0 aliphatic carbocycles. The number of benzene rings is 1. The van der Waals surface area contributed by atoms with Crippen molar-refractivity contribution in [1.82, 2.24) is 4.98 Å². The molecule has 1 aromatic heterocycles. The SMILES string of the molecule is Cc1ccc(CCCCCCCCc2ccccc2)cn1. The van der Waals surface area contributed by atoms with E-state index in [0.29, 0.717) is 0 Å². The van der Waals surface area contributed by atoms with Gasteiger partial charge >= 0.3 is 0 Å². The third-order valence-electron chi connectivity index (χ3n) is 4.00. The van der Waals surface area contributed by atoms with Crippen LogP contribution in [0.4, 0.5) is 0 Å². The normalized spacial score (nSPS) is 10.7. The highest BCUT2D eigenvalue weighted by Crippen LogP contribution is 2.11. The maximum absolute atomic E-state index is 4.35. The standard InChI is InChI=1S/C20H27N/c1-18-15-16-20(17-21-18)14-8-5-3-2-4-7-11-19-12-9-6-10-13-19/h6,9-10,12-13,15-17H,2-5,7-8,11,14H2,1H3. The predicted octanol–water partition coefficient (Wildman–Crippen LogP) is 5.52. The number of unbranched alkanes of at least 4 members (excludes halogenated alkanes) is 5. The van der Waals surface area contributed by atoms with Gasteiger partial charge in [-0.2, -0.15) is 0 Å². The minimum atomic E-state index is 1.11. The first-order valence-electron chi connectivity index (χ1n) is 8.30. The first kappa shape index (κ1) is 15.8. The van der Waals surface area contributed by atoms with Gasteiger partial charge in [-0.1, -0.05) is 62.1 Å². The molecule has 0 N–H and O–H groups in total. The lowest BCUT2D eigenvalue weighted by molar-refractivity contribution is 0.593. The van der Waals surface area contributed by atoms with E-state index < -0.39 is 0 Å². The molecular formula is C20H27N. The number of nitrogens with zero attached hydrogens (tertiary/aromatic N) is 1. The second-order valence-corrected chi connectivity index (χ2v) is 5.91. The van der Waals surface area contributed by atoms with Crippen molar-refractivity contribution in [1.29, 1.82) is 0 Å². The van der Waals surface area contributed by atoms with Gasteiger partial charge in [-0.3, -0.25) is 4.98 Å². The molecule has 2 aromatic rings. The molecular weight excluding hydrogens is 254 g/mol. The molecule has 1 heterocycles. The molecule has 112 valence electrons. The maximum Gasteiger partial charge on any atom is 0.0372 e. The van der Waals surface area contributed by atoms with Gasteiger partial charge in [-0.05, 0) is 49.8 Å². The number of aryl methyl sites for hydroxylation is 3. The molecule has 0 saturated carbocycles. The van der Waals surface area contributed by atoms with Gasteiger partial charge in [0.1, 0.15) is 0 Å². The summed E-state index contributed by atoms with van der Waals surface area (Å²) < 4.78 is 0. The molecule has 0 atom stereocenters. The number of pyridine rings is 1. The maximum atomic E-state index is 4.35. The molecule has 0 saturated heterocycles. The Bertz CT molecular complexity index is 487. The average Bonchev–Trinajstić information content (AvgIpc) is 2.53. The second kappa shape index (κ2) is 9.33. The molecule has 0 radical (unpaired) electrons. The lowest BCUT2D eigenvalue weighted by Gasteiger charge is -2.03. The molecule has 0 unspecified atom stereocenters. The molecule has 0 amide bonds. The van der Waals surface area contributed by atoms with E-state index in [1.54, 1.807) is 0 Å². The van der Waals surface area contributed by atoms with Crippen molar-refractivity contribution in [2.75, 3.05) is 0 Å². The van der Waals surface area contributed by atoms with Crippen LogP contribution in [-0.4, -0.2) is 4.98 Å². The summed E-state index contributed by atoms with van der Waals surface area (Å²) in [5, 5.41) is 0. The first-order valence-corrected chi connectivity index (χ1v) is 8.30. The Kier molecular flexibility index (Phi) is 7.00. The molecule has 21 heavy (non-hydrogen) atoms. The quantitative estimate of drug-likeness (QED) is 0.552. The fourth-order valence-electron chi connectivity index (χ4n) is 2.66. The third-order valence-corrected chi connectivity index (χ3v) is 4.00. The zero-order valence-corrected chi connectivity index (χ0v) is 13.2. The molecule has 0 fully saturated rings. The summed E-state index contributed by atoms with van der Waals surface area (Å²) in [6.07, 6.45) is 12.5. The molecule has 1 nitrogen and oxygen atoms in total. The Labute approximate surface area is 129 Å². The monoisotopic (exact) mass is 281 g/mol. The number of hydrogen-bond donors (Lipinski definition) is 0. The molecule has 0 aliphatic heterocycles. The topological polar surface area (TPSA) is 12.9 Å². The van der Waals surface area contributed by atoms with E-state index in [4.69, 9.17) is 0 Å². The summed E-state index contributed by atoms with van der Waals surface area (Å²) in [6.45, 7) is 2.04. The van der Waals surface area contributed by atoms with E-state index in [-0.39, 0.29) is 0 Å².